The van der Waals surface area contributed by atoms with Gasteiger partial charge >= 0.3 is 0 Å². The van der Waals surface area contributed by atoms with E-state index in [2.05, 4.69) is 10.4 Å². The number of anilines is 1. The zero-order valence-electron chi connectivity index (χ0n) is 15.5. The smallest absolute Gasteiger partial charge is 0.268 e. The summed E-state index contributed by atoms with van der Waals surface area (Å²) < 4.78 is 5.55. The summed E-state index contributed by atoms with van der Waals surface area (Å²) in [5.41, 5.74) is 3.04. The summed E-state index contributed by atoms with van der Waals surface area (Å²) >= 11 is 0. The number of furan rings is 1. The summed E-state index contributed by atoms with van der Waals surface area (Å²) in [5, 5.41) is 8.58. The minimum atomic E-state index is -0.283. The van der Waals surface area contributed by atoms with Crippen molar-refractivity contribution in [2.24, 2.45) is 5.10 Å². The molecular formula is C20H23N3O3. The lowest BCUT2D eigenvalue weighted by atomic mass is 10.1. The van der Waals surface area contributed by atoms with Crippen molar-refractivity contribution in [1.82, 2.24) is 5.32 Å². The third kappa shape index (κ3) is 3.69. The van der Waals surface area contributed by atoms with Crippen molar-refractivity contribution < 1.29 is 14.0 Å². The Labute approximate surface area is 152 Å². The van der Waals surface area contributed by atoms with Crippen molar-refractivity contribution >= 4 is 23.2 Å². The molecule has 1 aromatic heterocycles. The maximum Gasteiger partial charge on any atom is 0.268 e. The molecule has 0 aliphatic carbocycles. The molecule has 0 bridgehead atoms. The van der Waals surface area contributed by atoms with Crippen molar-refractivity contribution in [2.75, 3.05) is 5.01 Å². The van der Waals surface area contributed by atoms with E-state index in [0.717, 1.165) is 22.6 Å². The number of hydrazone groups is 1. The molecule has 6 heteroatoms. The van der Waals surface area contributed by atoms with Crippen LogP contribution in [0.25, 0.3) is 0 Å². The fourth-order valence-electron chi connectivity index (χ4n) is 2.89. The molecule has 1 aliphatic heterocycles. The number of hydrogen-bond acceptors (Lipinski definition) is 4. The first kappa shape index (κ1) is 17.9. The van der Waals surface area contributed by atoms with Crippen LogP contribution < -0.4 is 10.3 Å². The summed E-state index contributed by atoms with van der Waals surface area (Å²) in [7, 11) is 0. The minimum Gasteiger partial charge on any atom is -0.464 e. The standard InChI is InChI=1S/C20H23N3O3/c1-12-5-6-13(2)17(11-12)23-19(24)10-8-16(22-23)20(25)21-15(4)18-9-7-14(3)26-18/h5-7,9,11,15H,8,10H2,1-4H3,(H,21,25). The second kappa shape index (κ2) is 7.15. The number of hydrogen-bond donors (Lipinski definition) is 1. The van der Waals surface area contributed by atoms with Gasteiger partial charge in [0.1, 0.15) is 17.2 Å². The van der Waals surface area contributed by atoms with Gasteiger partial charge in [0.05, 0.1) is 11.7 Å². The van der Waals surface area contributed by atoms with Gasteiger partial charge in [-0.2, -0.15) is 5.10 Å². The lowest BCUT2D eigenvalue weighted by Gasteiger charge is -2.25. The van der Waals surface area contributed by atoms with E-state index in [1.54, 1.807) is 0 Å². The van der Waals surface area contributed by atoms with E-state index in [1.807, 2.05) is 58.0 Å². The van der Waals surface area contributed by atoms with Crippen molar-refractivity contribution in [1.29, 1.82) is 0 Å². The van der Waals surface area contributed by atoms with Crippen LogP contribution in [0.15, 0.2) is 39.9 Å². The number of nitrogens with one attached hydrogen (secondary N) is 1. The average Bonchev–Trinajstić information content (AvgIpc) is 3.04. The van der Waals surface area contributed by atoms with Gasteiger partial charge in [0.25, 0.3) is 5.91 Å². The number of amides is 2. The molecule has 2 heterocycles. The maximum absolute atomic E-state index is 12.6. The van der Waals surface area contributed by atoms with Crippen LogP contribution in [0, 0.1) is 20.8 Å². The van der Waals surface area contributed by atoms with Crippen LogP contribution in [-0.4, -0.2) is 17.5 Å². The van der Waals surface area contributed by atoms with E-state index >= 15 is 0 Å². The highest BCUT2D eigenvalue weighted by Gasteiger charge is 2.27. The molecule has 0 radical (unpaired) electrons. The average molecular weight is 353 g/mol. The summed E-state index contributed by atoms with van der Waals surface area (Å²) in [6.07, 6.45) is 0.587. The summed E-state index contributed by atoms with van der Waals surface area (Å²) in [6, 6.07) is 9.27. The Morgan fingerprint density at radius 1 is 1.19 bits per heavy atom. The quantitative estimate of drug-likeness (QED) is 0.913. The topological polar surface area (TPSA) is 74.9 Å². The SMILES string of the molecule is Cc1ccc(C)c(N2N=C(C(=O)NC(C)c3ccc(C)o3)CCC2=O)c1. The minimum absolute atomic E-state index is 0.107. The van der Waals surface area contributed by atoms with E-state index < -0.39 is 0 Å². The highest BCUT2D eigenvalue weighted by atomic mass is 16.3. The Kier molecular flexibility index (Phi) is 4.93. The molecular weight excluding hydrogens is 330 g/mol. The third-order valence-corrected chi connectivity index (χ3v) is 4.42. The molecule has 2 amide bonds. The molecule has 26 heavy (non-hydrogen) atoms. The van der Waals surface area contributed by atoms with Crippen LogP contribution in [0.4, 0.5) is 5.69 Å². The molecule has 1 aromatic carbocycles. The first-order chi connectivity index (χ1) is 12.3. The Hall–Kier alpha value is -2.89. The van der Waals surface area contributed by atoms with Gasteiger partial charge in [-0.25, -0.2) is 5.01 Å². The zero-order chi connectivity index (χ0) is 18.8. The van der Waals surface area contributed by atoms with Gasteiger partial charge in [-0.05, 0) is 57.0 Å². The first-order valence-electron chi connectivity index (χ1n) is 8.70. The van der Waals surface area contributed by atoms with Gasteiger partial charge in [-0.1, -0.05) is 12.1 Å². The number of nitrogens with zero attached hydrogens (tertiary/aromatic N) is 2. The Bertz CT molecular complexity index is 882. The van der Waals surface area contributed by atoms with E-state index in [0.29, 0.717) is 17.9 Å². The van der Waals surface area contributed by atoms with Crippen LogP contribution in [0.5, 0.6) is 0 Å². The van der Waals surface area contributed by atoms with E-state index in [9.17, 15) is 9.59 Å². The van der Waals surface area contributed by atoms with Gasteiger partial charge in [0.2, 0.25) is 5.91 Å². The highest BCUT2D eigenvalue weighted by Crippen LogP contribution is 2.25. The van der Waals surface area contributed by atoms with E-state index in [-0.39, 0.29) is 24.3 Å². The second-order valence-corrected chi connectivity index (χ2v) is 6.69. The van der Waals surface area contributed by atoms with Crippen LogP contribution in [-0.2, 0) is 9.59 Å². The van der Waals surface area contributed by atoms with Gasteiger partial charge in [-0.15, -0.1) is 0 Å². The fraction of sp³-hybridized carbons (Fsp3) is 0.350. The van der Waals surface area contributed by atoms with Gasteiger partial charge in [0.15, 0.2) is 0 Å². The highest BCUT2D eigenvalue weighted by molar-refractivity contribution is 6.40. The lowest BCUT2D eigenvalue weighted by Crippen LogP contribution is -2.40. The number of carbonyl (C=O) groups excluding carboxylic acids is 2. The van der Waals surface area contributed by atoms with Crippen LogP contribution in [0.3, 0.4) is 0 Å². The molecule has 6 nitrogen and oxygen atoms in total. The van der Waals surface area contributed by atoms with Crippen molar-refractivity contribution in [3.05, 3.63) is 53.0 Å². The molecule has 1 unspecified atom stereocenters. The molecule has 1 aliphatic rings. The zero-order valence-corrected chi connectivity index (χ0v) is 15.5. The van der Waals surface area contributed by atoms with Crippen LogP contribution >= 0.6 is 0 Å². The van der Waals surface area contributed by atoms with Gasteiger partial charge in [-0.3, -0.25) is 9.59 Å². The van der Waals surface area contributed by atoms with Crippen molar-refractivity contribution in [3.8, 4) is 0 Å². The molecule has 0 spiro atoms. The summed E-state index contributed by atoms with van der Waals surface area (Å²) in [5.74, 6) is 1.09. The number of benzene rings is 1. The van der Waals surface area contributed by atoms with E-state index in [4.69, 9.17) is 4.42 Å². The number of carbonyl (C=O) groups is 2. The normalized spacial score (nSPS) is 15.6. The van der Waals surface area contributed by atoms with Gasteiger partial charge in [0, 0.05) is 12.8 Å². The maximum atomic E-state index is 12.6. The predicted molar refractivity (Wildman–Crippen MR) is 100 cm³/mol. The second-order valence-electron chi connectivity index (χ2n) is 6.69. The molecule has 0 saturated carbocycles. The van der Waals surface area contributed by atoms with E-state index in [1.165, 1.54) is 5.01 Å². The molecule has 136 valence electrons. The third-order valence-electron chi connectivity index (χ3n) is 4.42. The lowest BCUT2D eigenvalue weighted by molar-refractivity contribution is -0.119. The number of rotatable bonds is 4. The molecule has 0 saturated heterocycles. The largest absolute Gasteiger partial charge is 0.464 e. The first-order valence-corrected chi connectivity index (χ1v) is 8.70. The Balaban J connectivity index is 1.81. The molecule has 0 fully saturated rings. The Morgan fingerprint density at radius 2 is 1.96 bits per heavy atom. The number of aryl methyl sites for hydroxylation is 3. The van der Waals surface area contributed by atoms with Gasteiger partial charge < -0.3 is 9.73 Å². The monoisotopic (exact) mass is 353 g/mol. The molecule has 1 atom stereocenters. The van der Waals surface area contributed by atoms with Crippen LogP contribution in [0.2, 0.25) is 0 Å². The predicted octanol–water partition coefficient (Wildman–Crippen LogP) is 3.57. The van der Waals surface area contributed by atoms with Crippen molar-refractivity contribution in [2.45, 2.75) is 46.6 Å². The van der Waals surface area contributed by atoms with Crippen molar-refractivity contribution in [3.63, 3.8) is 0 Å². The fourth-order valence-corrected chi connectivity index (χ4v) is 2.89. The molecule has 1 N–H and O–H groups in total. The molecule has 2 aromatic rings. The summed E-state index contributed by atoms with van der Waals surface area (Å²) in [6.45, 7) is 7.60. The van der Waals surface area contributed by atoms with Crippen LogP contribution in [0.1, 0.15) is 48.5 Å². The Morgan fingerprint density at radius 3 is 2.65 bits per heavy atom. The molecule has 3 rings (SSSR count). The summed E-state index contributed by atoms with van der Waals surface area (Å²) in [4.78, 5) is 24.9.